The molecule has 4 aromatic rings. The molecule has 5 nitrogen and oxygen atoms in total. The summed E-state index contributed by atoms with van der Waals surface area (Å²) in [4.78, 5) is 16.5. The maximum Gasteiger partial charge on any atom is 0.303 e. The van der Waals surface area contributed by atoms with E-state index in [0.29, 0.717) is 5.02 Å². The van der Waals surface area contributed by atoms with Gasteiger partial charge in [0.05, 0.1) is 16.8 Å². The molecule has 0 spiro atoms. The zero-order valence-electron chi connectivity index (χ0n) is 32.5. The van der Waals surface area contributed by atoms with E-state index in [0.717, 1.165) is 76.8 Å². The number of aliphatic hydroxyl groups is 1. The van der Waals surface area contributed by atoms with Gasteiger partial charge in [-0.05, 0) is 112 Å². The lowest BCUT2D eigenvalue weighted by Gasteiger charge is -2.30. The standard InChI is InChI=1S/C35H36ClNO3S.C12H23N/c1-24(38)40-35(19-20-35)23-41-33(18-14-26-8-4-5-10-31(26)34(2,3)39)28-9-6-7-25(21-28)11-16-30-17-13-27-12-15-29(36)22-32(27)37-30;1-3-7-11(8-4-1)13-12-9-5-2-6-10-12/h4-13,15-17,21-22,33,39H,14,18-20,23H2,1-3H3;11-13H,1-10H2/t33-;/m1./s1. The number of esters is 1. The second kappa shape index (κ2) is 19.1. The first-order chi connectivity index (χ1) is 26.0. The van der Waals surface area contributed by atoms with Crippen LogP contribution in [0.2, 0.25) is 5.02 Å². The monoisotopic (exact) mass is 766 g/mol. The summed E-state index contributed by atoms with van der Waals surface area (Å²) in [6, 6.07) is 28.3. The van der Waals surface area contributed by atoms with E-state index in [1.54, 1.807) is 0 Å². The highest BCUT2D eigenvalue weighted by atomic mass is 35.5. The van der Waals surface area contributed by atoms with Crippen molar-refractivity contribution in [2.24, 2.45) is 0 Å². The van der Waals surface area contributed by atoms with Gasteiger partial charge in [-0.15, -0.1) is 11.8 Å². The van der Waals surface area contributed by atoms with Gasteiger partial charge in [-0.25, -0.2) is 4.98 Å². The van der Waals surface area contributed by atoms with Crippen LogP contribution in [0.1, 0.15) is 137 Å². The van der Waals surface area contributed by atoms with Crippen LogP contribution in [0.4, 0.5) is 0 Å². The lowest BCUT2D eigenvalue weighted by Crippen LogP contribution is -2.40. The number of benzene rings is 3. The molecule has 0 aliphatic heterocycles. The molecule has 0 bridgehead atoms. The van der Waals surface area contributed by atoms with Gasteiger partial charge in [-0.1, -0.05) is 117 Å². The number of aryl methyl sites for hydroxylation is 1. The number of thioether (sulfide) groups is 1. The van der Waals surface area contributed by atoms with E-state index in [9.17, 15) is 9.90 Å². The topological polar surface area (TPSA) is 71.5 Å². The number of aromatic nitrogens is 1. The zero-order valence-corrected chi connectivity index (χ0v) is 34.1. The molecule has 0 unspecified atom stereocenters. The number of rotatable bonds is 13. The van der Waals surface area contributed by atoms with Crippen LogP contribution in [0.5, 0.6) is 0 Å². The number of fused-ring (bicyclic) bond motifs is 1. The minimum absolute atomic E-state index is 0.201. The molecule has 1 atom stereocenters. The number of pyridine rings is 1. The predicted octanol–water partition coefficient (Wildman–Crippen LogP) is 12.0. The number of hydrogen-bond donors (Lipinski definition) is 2. The molecule has 7 rings (SSSR count). The van der Waals surface area contributed by atoms with E-state index in [2.05, 4.69) is 47.8 Å². The van der Waals surface area contributed by atoms with Gasteiger partial charge in [-0.3, -0.25) is 4.79 Å². The lowest BCUT2D eigenvalue weighted by molar-refractivity contribution is -0.147. The molecule has 3 saturated carbocycles. The number of halogens is 1. The average Bonchev–Trinajstić information content (AvgIpc) is 3.93. The molecule has 54 heavy (non-hydrogen) atoms. The van der Waals surface area contributed by atoms with Crippen molar-refractivity contribution in [1.82, 2.24) is 10.3 Å². The Balaban J connectivity index is 0.000000321. The Morgan fingerprint density at radius 3 is 2.28 bits per heavy atom. The van der Waals surface area contributed by atoms with Crippen molar-refractivity contribution >= 4 is 52.4 Å². The quantitative estimate of drug-likeness (QED) is 0.132. The molecule has 3 aliphatic carbocycles. The Morgan fingerprint density at radius 2 is 1.61 bits per heavy atom. The van der Waals surface area contributed by atoms with Gasteiger partial charge in [-0.2, -0.15) is 0 Å². The van der Waals surface area contributed by atoms with Crippen molar-refractivity contribution in [1.29, 1.82) is 0 Å². The molecule has 288 valence electrons. The van der Waals surface area contributed by atoms with Crippen LogP contribution in [0.3, 0.4) is 0 Å². The molecule has 0 saturated heterocycles. The number of nitrogens with zero attached hydrogens (tertiary/aromatic N) is 1. The maximum absolute atomic E-state index is 11.7. The van der Waals surface area contributed by atoms with Crippen molar-refractivity contribution in [2.45, 2.75) is 139 Å². The van der Waals surface area contributed by atoms with Gasteiger partial charge in [0.15, 0.2) is 0 Å². The number of nitrogens with one attached hydrogen (secondary N) is 1. The lowest BCUT2D eigenvalue weighted by atomic mass is 9.90. The summed E-state index contributed by atoms with van der Waals surface area (Å²) in [6.07, 6.45) is 22.3. The number of ether oxygens (including phenoxy) is 1. The average molecular weight is 768 g/mol. The molecular formula is C47H59ClN2O3S. The molecule has 7 heteroatoms. The SMILES string of the molecule is C1CCC(NC2CCCCC2)CC1.CC(=O)OC1(CS[C@H](CCc2ccccc2C(C)(C)O)c2cccc(C=Cc3ccc4ccc(Cl)cc4n3)c2)CC1. The van der Waals surface area contributed by atoms with Gasteiger partial charge in [0.25, 0.3) is 0 Å². The fraction of sp³-hybridized carbons (Fsp3) is 0.489. The van der Waals surface area contributed by atoms with Crippen LogP contribution in [0.15, 0.2) is 78.9 Å². The first kappa shape index (κ1) is 40.5. The van der Waals surface area contributed by atoms with Crippen LogP contribution < -0.4 is 5.32 Å². The van der Waals surface area contributed by atoms with E-state index in [4.69, 9.17) is 21.3 Å². The second-order valence-corrected chi connectivity index (χ2v) is 17.9. The van der Waals surface area contributed by atoms with Crippen LogP contribution in [-0.4, -0.2) is 39.5 Å². The molecule has 3 fully saturated rings. The third-order valence-corrected chi connectivity index (χ3v) is 13.0. The van der Waals surface area contributed by atoms with Crippen molar-refractivity contribution in [3.8, 4) is 0 Å². The van der Waals surface area contributed by atoms with E-state index in [1.807, 2.05) is 74.1 Å². The Kier molecular flexibility index (Phi) is 14.3. The molecule has 1 aromatic heterocycles. The smallest absolute Gasteiger partial charge is 0.303 e. The third kappa shape index (κ3) is 12.2. The molecular weight excluding hydrogens is 708 g/mol. The highest BCUT2D eigenvalue weighted by Gasteiger charge is 2.46. The predicted molar refractivity (Wildman–Crippen MR) is 228 cm³/mol. The first-order valence-electron chi connectivity index (χ1n) is 20.3. The van der Waals surface area contributed by atoms with Crippen LogP contribution in [0.25, 0.3) is 23.1 Å². The summed E-state index contributed by atoms with van der Waals surface area (Å²) >= 11 is 8.03. The van der Waals surface area contributed by atoms with Gasteiger partial charge >= 0.3 is 5.97 Å². The van der Waals surface area contributed by atoms with Crippen molar-refractivity contribution in [3.63, 3.8) is 0 Å². The molecule has 0 radical (unpaired) electrons. The zero-order chi connectivity index (χ0) is 38.0. The largest absolute Gasteiger partial charge is 0.458 e. The summed E-state index contributed by atoms with van der Waals surface area (Å²) in [5.41, 5.74) is 4.96. The van der Waals surface area contributed by atoms with Crippen molar-refractivity contribution in [2.75, 3.05) is 5.75 Å². The van der Waals surface area contributed by atoms with Gasteiger partial charge in [0.2, 0.25) is 0 Å². The minimum Gasteiger partial charge on any atom is -0.458 e. The summed E-state index contributed by atoms with van der Waals surface area (Å²) < 4.78 is 5.69. The molecule has 1 heterocycles. The van der Waals surface area contributed by atoms with Gasteiger partial charge in [0, 0.05) is 40.4 Å². The summed E-state index contributed by atoms with van der Waals surface area (Å²) in [5.74, 6) is 0.559. The Hall–Kier alpha value is -3.16. The fourth-order valence-corrected chi connectivity index (χ4v) is 9.70. The summed E-state index contributed by atoms with van der Waals surface area (Å²) in [5, 5.41) is 16.5. The highest BCUT2D eigenvalue weighted by molar-refractivity contribution is 7.99. The van der Waals surface area contributed by atoms with E-state index >= 15 is 0 Å². The van der Waals surface area contributed by atoms with Gasteiger partial charge in [0.1, 0.15) is 5.60 Å². The second-order valence-electron chi connectivity index (χ2n) is 16.2. The van der Waals surface area contributed by atoms with E-state index in [1.165, 1.54) is 76.7 Å². The van der Waals surface area contributed by atoms with Crippen LogP contribution in [-0.2, 0) is 21.6 Å². The highest BCUT2D eigenvalue weighted by Crippen LogP contribution is 2.46. The Morgan fingerprint density at radius 1 is 0.926 bits per heavy atom. The normalized spacial score (nSPS) is 18.2. The van der Waals surface area contributed by atoms with Crippen LogP contribution >= 0.6 is 23.4 Å². The van der Waals surface area contributed by atoms with Gasteiger partial charge < -0.3 is 15.2 Å². The summed E-state index contributed by atoms with van der Waals surface area (Å²) in [6.45, 7) is 5.16. The molecule has 3 aliphatic rings. The molecule has 0 amide bonds. The molecule has 2 N–H and O–H groups in total. The number of hydrogen-bond acceptors (Lipinski definition) is 6. The van der Waals surface area contributed by atoms with Crippen molar-refractivity contribution in [3.05, 3.63) is 112 Å². The van der Waals surface area contributed by atoms with Crippen molar-refractivity contribution < 1.29 is 14.6 Å². The van der Waals surface area contributed by atoms with E-state index < -0.39 is 5.60 Å². The molecule has 3 aromatic carbocycles. The Bertz CT molecular complexity index is 1840. The third-order valence-electron chi connectivity index (χ3n) is 11.2. The number of carbonyl (C=O) groups is 1. The maximum atomic E-state index is 11.7. The van der Waals surface area contributed by atoms with E-state index in [-0.39, 0.29) is 16.8 Å². The Labute approximate surface area is 332 Å². The minimum atomic E-state index is -0.903. The van der Waals surface area contributed by atoms with Crippen LogP contribution in [0, 0.1) is 0 Å². The first-order valence-corrected chi connectivity index (χ1v) is 21.7. The fourth-order valence-electron chi connectivity index (χ4n) is 8.06. The summed E-state index contributed by atoms with van der Waals surface area (Å²) in [7, 11) is 0. The number of carbonyl (C=O) groups excluding carboxylic acids is 1.